The second-order valence-electron chi connectivity index (χ2n) is 5.99. The summed E-state index contributed by atoms with van der Waals surface area (Å²) in [6, 6.07) is 7.99. The molecule has 2 aliphatic rings. The van der Waals surface area contributed by atoms with Crippen molar-refractivity contribution in [1.82, 2.24) is 5.32 Å². The van der Waals surface area contributed by atoms with Crippen molar-refractivity contribution in [2.45, 2.75) is 30.9 Å². The molecule has 0 radical (unpaired) electrons. The van der Waals surface area contributed by atoms with E-state index in [1.807, 2.05) is 36.4 Å². The fourth-order valence-electron chi connectivity index (χ4n) is 2.81. The molecule has 1 saturated heterocycles. The number of carbonyl (C=O) groups excluding carboxylic acids is 2. The Hall–Kier alpha value is -2.21. The fraction of sp³-hybridized carbons (Fsp3) is 0.368. The molecule has 1 atom stereocenters. The molecule has 0 spiro atoms. The van der Waals surface area contributed by atoms with Gasteiger partial charge in [-0.05, 0) is 36.6 Å². The van der Waals surface area contributed by atoms with Crippen LogP contribution in [0.1, 0.15) is 24.8 Å². The van der Waals surface area contributed by atoms with Crippen LogP contribution in [-0.4, -0.2) is 30.1 Å². The molecule has 25 heavy (non-hydrogen) atoms. The van der Waals surface area contributed by atoms with Crippen LogP contribution in [0, 0.1) is 0 Å². The first-order chi connectivity index (χ1) is 12.1. The third-order valence-corrected chi connectivity index (χ3v) is 5.23. The van der Waals surface area contributed by atoms with Crippen molar-refractivity contribution in [3.63, 3.8) is 0 Å². The van der Waals surface area contributed by atoms with E-state index in [0.717, 1.165) is 42.5 Å². The Morgan fingerprint density at radius 2 is 1.96 bits per heavy atom. The van der Waals surface area contributed by atoms with E-state index in [-0.39, 0.29) is 16.4 Å². The van der Waals surface area contributed by atoms with E-state index in [1.54, 1.807) is 7.11 Å². The molecule has 6 heteroatoms. The molecule has 0 bridgehead atoms. The first kappa shape index (κ1) is 17.6. The summed E-state index contributed by atoms with van der Waals surface area (Å²) in [5, 5.41) is 1.79. The molecule has 1 heterocycles. The summed E-state index contributed by atoms with van der Waals surface area (Å²) in [7, 11) is 1.66. The molecule has 1 fully saturated rings. The Morgan fingerprint density at radius 3 is 2.56 bits per heavy atom. The van der Waals surface area contributed by atoms with Gasteiger partial charge in [-0.15, -0.1) is 0 Å². The van der Waals surface area contributed by atoms with Gasteiger partial charge in [-0.1, -0.05) is 35.5 Å². The average Bonchev–Trinajstić information content (AvgIpc) is 2.94. The summed E-state index contributed by atoms with van der Waals surface area (Å²) in [6.07, 6.45) is 7.17. The molecule has 132 valence electrons. The minimum absolute atomic E-state index is 0.179. The van der Waals surface area contributed by atoms with Gasteiger partial charge in [-0.25, -0.2) is 0 Å². The standard InChI is InChI=1S/C19H21NO4S/c1-23-15-6-2-13(3-7-15)10-11-24-16-8-4-14(5-9-16)12-17-18(21)20-19(22)25-17/h2-4,6-8,17H,5,9-12H2,1H3,(H,20,21,22). The van der Waals surface area contributed by atoms with E-state index < -0.39 is 0 Å². The molecule has 1 aliphatic carbocycles. The summed E-state index contributed by atoms with van der Waals surface area (Å²) in [6.45, 7) is 0.636. The van der Waals surface area contributed by atoms with Crippen molar-refractivity contribution < 1.29 is 19.1 Å². The third kappa shape index (κ3) is 4.89. The zero-order valence-electron chi connectivity index (χ0n) is 14.1. The molecular formula is C19H21NO4S. The van der Waals surface area contributed by atoms with Crippen molar-refractivity contribution in [3.8, 4) is 5.75 Å². The van der Waals surface area contributed by atoms with Crippen LogP contribution in [0.4, 0.5) is 4.79 Å². The minimum Gasteiger partial charge on any atom is -0.498 e. The van der Waals surface area contributed by atoms with Gasteiger partial charge in [-0.3, -0.25) is 14.9 Å². The monoisotopic (exact) mass is 359 g/mol. The second kappa shape index (κ2) is 8.25. The lowest BCUT2D eigenvalue weighted by molar-refractivity contribution is -0.118. The number of imide groups is 1. The van der Waals surface area contributed by atoms with Gasteiger partial charge < -0.3 is 9.47 Å². The van der Waals surface area contributed by atoms with E-state index in [0.29, 0.717) is 13.0 Å². The molecular weight excluding hydrogens is 338 g/mol. The SMILES string of the molecule is COc1ccc(CCOC2=CC=C(CC3SC(=O)NC3=O)CC2)cc1. The number of rotatable bonds is 7. The van der Waals surface area contributed by atoms with Crippen LogP contribution in [-0.2, 0) is 16.0 Å². The minimum atomic E-state index is -0.287. The van der Waals surface area contributed by atoms with Crippen molar-refractivity contribution in [2.24, 2.45) is 0 Å². The van der Waals surface area contributed by atoms with Crippen LogP contribution >= 0.6 is 11.8 Å². The quantitative estimate of drug-likeness (QED) is 0.806. The third-order valence-electron chi connectivity index (χ3n) is 4.25. The molecule has 1 N–H and O–H groups in total. The van der Waals surface area contributed by atoms with Gasteiger partial charge in [0.25, 0.3) is 5.24 Å². The number of hydrogen-bond donors (Lipinski definition) is 1. The van der Waals surface area contributed by atoms with Crippen LogP contribution in [0.15, 0.2) is 47.7 Å². The number of methoxy groups -OCH3 is 1. The highest BCUT2D eigenvalue weighted by Crippen LogP contribution is 2.29. The second-order valence-corrected chi connectivity index (χ2v) is 7.17. The lowest BCUT2D eigenvalue weighted by atomic mass is 9.99. The van der Waals surface area contributed by atoms with Crippen LogP contribution in [0.2, 0.25) is 0 Å². The molecule has 5 nitrogen and oxygen atoms in total. The zero-order chi connectivity index (χ0) is 17.6. The highest BCUT2D eigenvalue weighted by Gasteiger charge is 2.32. The molecule has 1 unspecified atom stereocenters. The number of ether oxygens (including phenoxy) is 2. The Bertz CT molecular complexity index is 709. The van der Waals surface area contributed by atoms with Gasteiger partial charge in [0.2, 0.25) is 5.91 Å². The number of nitrogens with one attached hydrogen (secondary N) is 1. The molecule has 2 amide bonds. The number of carbonyl (C=O) groups is 2. The van der Waals surface area contributed by atoms with Gasteiger partial charge in [0.15, 0.2) is 0 Å². The summed E-state index contributed by atoms with van der Waals surface area (Å²) in [5.41, 5.74) is 2.40. The van der Waals surface area contributed by atoms with Crippen LogP contribution in [0.3, 0.4) is 0 Å². The summed E-state index contributed by atoms with van der Waals surface area (Å²) in [4.78, 5) is 22.8. The summed E-state index contributed by atoms with van der Waals surface area (Å²) in [5.74, 6) is 1.64. The number of hydrogen-bond acceptors (Lipinski definition) is 5. The maximum atomic E-state index is 11.6. The van der Waals surface area contributed by atoms with Crippen LogP contribution < -0.4 is 10.1 Å². The number of allylic oxidation sites excluding steroid dienone is 4. The van der Waals surface area contributed by atoms with E-state index >= 15 is 0 Å². The van der Waals surface area contributed by atoms with E-state index in [4.69, 9.17) is 9.47 Å². The van der Waals surface area contributed by atoms with Crippen molar-refractivity contribution >= 4 is 22.9 Å². The van der Waals surface area contributed by atoms with Crippen LogP contribution in [0.25, 0.3) is 0 Å². The Morgan fingerprint density at radius 1 is 1.16 bits per heavy atom. The Kier molecular flexibility index (Phi) is 5.81. The zero-order valence-corrected chi connectivity index (χ0v) is 14.9. The van der Waals surface area contributed by atoms with Crippen molar-refractivity contribution in [1.29, 1.82) is 0 Å². The molecule has 1 aliphatic heterocycles. The van der Waals surface area contributed by atoms with Gasteiger partial charge in [0, 0.05) is 12.8 Å². The Balaban J connectivity index is 1.44. The van der Waals surface area contributed by atoms with Gasteiger partial charge in [0.05, 0.1) is 24.7 Å². The van der Waals surface area contributed by atoms with Gasteiger partial charge in [0.1, 0.15) is 5.75 Å². The first-order valence-electron chi connectivity index (χ1n) is 8.30. The Labute approximate surface area is 151 Å². The topological polar surface area (TPSA) is 64.6 Å². The lowest BCUT2D eigenvalue weighted by Crippen LogP contribution is -2.24. The normalized spacial score (nSPS) is 20.0. The molecule has 0 aromatic heterocycles. The highest BCUT2D eigenvalue weighted by atomic mass is 32.2. The van der Waals surface area contributed by atoms with Crippen LogP contribution in [0.5, 0.6) is 5.75 Å². The number of benzene rings is 1. The maximum absolute atomic E-state index is 11.6. The molecule has 1 aromatic carbocycles. The summed E-state index contributed by atoms with van der Waals surface area (Å²) >= 11 is 1.08. The fourth-order valence-corrected chi connectivity index (χ4v) is 3.69. The van der Waals surface area contributed by atoms with Crippen molar-refractivity contribution in [2.75, 3.05) is 13.7 Å². The van der Waals surface area contributed by atoms with E-state index in [1.165, 1.54) is 11.1 Å². The predicted octanol–water partition coefficient (Wildman–Crippen LogP) is 3.60. The lowest BCUT2D eigenvalue weighted by Gasteiger charge is -2.17. The molecule has 3 rings (SSSR count). The number of amides is 2. The summed E-state index contributed by atoms with van der Waals surface area (Å²) < 4.78 is 11.0. The first-order valence-corrected chi connectivity index (χ1v) is 9.18. The largest absolute Gasteiger partial charge is 0.498 e. The van der Waals surface area contributed by atoms with Crippen molar-refractivity contribution in [3.05, 3.63) is 53.3 Å². The maximum Gasteiger partial charge on any atom is 0.286 e. The van der Waals surface area contributed by atoms with E-state index in [9.17, 15) is 9.59 Å². The average molecular weight is 359 g/mol. The van der Waals surface area contributed by atoms with Gasteiger partial charge in [-0.2, -0.15) is 0 Å². The molecule has 0 saturated carbocycles. The predicted molar refractivity (Wildman–Crippen MR) is 97.6 cm³/mol. The van der Waals surface area contributed by atoms with E-state index in [2.05, 4.69) is 5.32 Å². The van der Waals surface area contributed by atoms with Gasteiger partial charge >= 0.3 is 0 Å². The number of thioether (sulfide) groups is 1. The molecule has 1 aromatic rings. The highest BCUT2D eigenvalue weighted by molar-refractivity contribution is 8.15. The smallest absolute Gasteiger partial charge is 0.286 e.